The maximum Gasteiger partial charge on any atom is 0.346 e. The summed E-state index contributed by atoms with van der Waals surface area (Å²) in [6, 6.07) is 3.64. The monoisotopic (exact) mass is 316 g/mol. The number of aromatic amines is 1. The lowest BCUT2D eigenvalue weighted by atomic mass is 10.2. The summed E-state index contributed by atoms with van der Waals surface area (Å²) in [6.45, 7) is 1.54. The van der Waals surface area contributed by atoms with Crippen molar-refractivity contribution in [1.82, 2.24) is 9.97 Å². The van der Waals surface area contributed by atoms with Crippen molar-refractivity contribution < 1.29 is 9.90 Å². The second kappa shape index (κ2) is 5.77. The van der Waals surface area contributed by atoms with Crippen LogP contribution in [0.15, 0.2) is 22.0 Å². The normalized spacial score (nSPS) is 10.6. The van der Waals surface area contributed by atoms with E-state index in [1.165, 1.54) is 23.1 Å². The van der Waals surface area contributed by atoms with Gasteiger partial charge in [-0.2, -0.15) is 4.98 Å². The third-order valence-corrected chi connectivity index (χ3v) is 4.72. The van der Waals surface area contributed by atoms with Gasteiger partial charge in [0.25, 0.3) is 0 Å². The molecular weight excluding hydrogens is 308 g/mol. The number of nitrogens with one attached hydrogen (secondary N) is 1. The van der Waals surface area contributed by atoms with Crippen LogP contribution in [0.25, 0.3) is 0 Å². The van der Waals surface area contributed by atoms with Crippen LogP contribution in [0.1, 0.15) is 20.9 Å². The van der Waals surface area contributed by atoms with Gasteiger partial charge >= 0.3 is 11.7 Å². The van der Waals surface area contributed by atoms with E-state index in [2.05, 4.69) is 9.97 Å². The van der Waals surface area contributed by atoms with Gasteiger partial charge in [0.2, 0.25) is 0 Å². The summed E-state index contributed by atoms with van der Waals surface area (Å²) in [5, 5.41) is 9.37. The molecule has 2 aromatic heterocycles. The molecule has 19 heavy (non-hydrogen) atoms. The summed E-state index contributed by atoms with van der Waals surface area (Å²) in [5.41, 5.74) is -0.208. The van der Waals surface area contributed by atoms with Gasteiger partial charge in [-0.05, 0) is 19.1 Å². The summed E-state index contributed by atoms with van der Waals surface area (Å²) in [5.74, 6) is -0.582. The van der Waals surface area contributed by atoms with Gasteiger partial charge < -0.3 is 10.1 Å². The zero-order valence-corrected chi connectivity index (χ0v) is 12.2. The van der Waals surface area contributed by atoms with E-state index in [0.29, 0.717) is 15.8 Å². The summed E-state index contributed by atoms with van der Waals surface area (Å²) in [7, 11) is 0. The highest BCUT2D eigenvalue weighted by Crippen LogP contribution is 2.29. The highest BCUT2D eigenvalue weighted by atomic mass is 35.5. The Hall–Kier alpha value is -1.31. The van der Waals surface area contributed by atoms with Gasteiger partial charge in [0, 0.05) is 16.3 Å². The maximum atomic E-state index is 11.3. The predicted molar refractivity (Wildman–Crippen MR) is 75.4 cm³/mol. The molecule has 2 rings (SSSR count). The molecular formula is C11H9ClN2O3S2. The second-order valence-electron chi connectivity index (χ2n) is 3.65. The third kappa shape index (κ3) is 3.37. The Labute approximate surface area is 121 Å². The Bertz CT molecular complexity index is 681. The van der Waals surface area contributed by atoms with Crippen molar-refractivity contribution in [3.05, 3.63) is 43.1 Å². The smallest absolute Gasteiger partial charge is 0.346 e. The molecule has 0 aromatic carbocycles. The first kappa shape index (κ1) is 14.1. The number of carboxylic acids is 1. The zero-order valence-electron chi connectivity index (χ0n) is 9.77. The van der Waals surface area contributed by atoms with E-state index in [1.54, 1.807) is 13.0 Å². The van der Waals surface area contributed by atoms with Crippen LogP contribution in [0, 0.1) is 6.92 Å². The van der Waals surface area contributed by atoms with E-state index in [9.17, 15) is 9.59 Å². The fraction of sp³-hybridized carbons (Fsp3) is 0.182. The number of hydrogen-bond donors (Lipinski definition) is 2. The average molecular weight is 317 g/mol. The Kier molecular flexibility index (Phi) is 4.28. The molecule has 0 aliphatic rings. The molecule has 2 N–H and O–H groups in total. The molecule has 0 amide bonds. The summed E-state index contributed by atoms with van der Waals surface area (Å²) in [4.78, 5) is 29.6. The minimum absolute atomic E-state index is 0.0345. The van der Waals surface area contributed by atoms with Crippen LogP contribution in [-0.2, 0) is 5.75 Å². The molecule has 8 heteroatoms. The van der Waals surface area contributed by atoms with E-state index in [0.717, 1.165) is 4.88 Å². The Balaban J connectivity index is 2.28. The Morgan fingerprint density at radius 1 is 1.58 bits per heavy atom. The molecule has 0 unspecified atom stereocenters. The van der Waals surface area contributed by atoms with E-state index < -0.39 is 11.7 Å². The molecule has 2 heterocycles. The molecule has 0 saturated carbocycles. The van der Waals surface area contributed by atoms with Gasteiger partial charge in [-0.3, -0.25) is 0 Å². The number of hydrogen-bond acceptors (Lipinski definition) is 5. The summed E-state index contributed by atoms with van der Waals surface area (Å²) >= 11 is 8.44. The number of halogens is 1. The number of thioether (sulfide) groups is 1. The minimum Gasteiger partial charge on any atom is -0.478 e. The number of nitrogens with zero attached hydrogens (tertiary/aromatic N) is 1. The first-order valence-corrected chi connectivity index (χ1v) is 7.36. The average Bonchev–Trinajstić information content (AvgIpc) is 2.71. The molecule has 0 aliphatic carbocycles. The maximum absolute atomic E-state index is 11.3. The largest absolute Gasteiger partial charge is 0.478 e. The van der Waals surface area contributed by atoms with E-state index in [1.807, 2.05) is 6.07 Å². The standard InChI is InChI=1S/C11H9ClN2O3S2/c1-5-8(10(15)16)9(14-11(17)13-5)18-4-6-2-3-7(12)19-6/h2-3H,4H2,1H3,(H,15,16)(H,13,14,17). The van der Waals surface area contributed by atoms with Crippen LogP contribution in [0.4, 0.5) is 0 Å². The lowest BCUT2D eigenvalue weighted by Gasteiger charge is -2.05. The van der Waals surface area contributed by atoms with Crippen LogP contribution in [0.5, 0.6) is 0 Å². The zero-order chi connectivity index (χ0) is 14.0. The first-order chi connectivity index (χ1) is 8.97. The molecule has 0 bridgehead atoms. The van der Waals surface area contributed by atoms with Crippen molar-refractivity contribution in [1.29, 1.82) is 0 Å². The van der Waals surface area contributed by atoms with E-state index in [4.69, 9.17) is 16.7 Å². The highest BCUT2D eigenvalue weighted by molar-refractivity contribution is 7.98. The van der Waals surface area contributed by atoms with Crippen LogP contribution < -0.4 is 5.69 Å². The number of thiophene rings is 1. The van der Waals surface area contributed by atoms with E-state index >= 15 is 0 Å². The number of aryl methyl sites for hydroxylation is 1. The van der Waals surface area contributed by atoms with Gasteiger partial charge in [0.15, 0.2) is 0 Å². The number of aromatic nitrogens is 2. The number of H-pyrrole nitrogens is 1. The number of carboxylic acid groups (broad SMARTS) is 1. The number of carbonyl (C=O) groups is 1. The van der Waals surface area contributed by atoms with Crippen LogP contribution >= 0.6 is 34.7 Å². The molecule has 0 spiro atoms. The second-order valence-corrected chi connectivity index (χ2v) is 6.41. The molecule has 100 valence electrons. The minimum atomic E-state index is -1.10. The van der Waals surface area contributed by atoms with Crippen molar-refractivity contribution in [3.8, 4) is 0 Å². The van der Waals surface area contributed by atoms with Crippen LogP contribution in [0.2, 0.25) is 4.34 Å². The molecule has 2 aromatic rings. The van der Waals surface area contributed by atoms with Crippen molar-refractivity contribution in [2.24, 2.45) is 0 Å². The lowest BCUT2D eigenvalue weighted by molar-refractivity contribution is 0.0690. The molecule has 0 aliphatic heterocycles. The summed E-state index contributed by atoms with van der Waals surface area (Å²) in [6.07, 6.45) is 0. The van der Waals surface area contributed by atoms with Gasteiger partial charge in [-0.25, -0.2) is 9.59 Å². The van der Waals surface area contributed by atoms with E-state index in [-0.39, 0.29) is 10.6 Å². The van der Waals surface area contributed by atoms with Crippen LogP contribution in [-0.4, -0.2) is 21.0 Å². The van der Waals surface area contributed by atoms with Gasteiger partial charge in [0.1, 0.15) is 10.6 Å². The van der Waals surface area contributed by atoms with Gasteiger partial charge in [-0.15, -0.1) is 11.3 Å². The fourth-order valence-electron chi connectivity index (χ4n) is 1.48. The van der Waals surface area contributed by atoms with Crippen molar-refractivity contribution in [3.63, 3.8) is 0 Å². The molecule has 0 radical (unpaired) electrons. The molecule has 0 atom stereocenters. The predicted octanol–water partition coefficient (Wildman–Crippen LogP) is 2.78. The van der Waals surface area contributed by atoms with Gasteiger partial charge in [-0.1, -0.05) is 23.4 Å². The first-order valence-electron chi connectivity index (χ1n) is 5.18. The molecule has 5 nitrogen and oxygen atoms in total. The highest BCUT2D eigenvalue weighted by Gasteiger charge is 2.17. The molecule has 0 fully saturated rings. The number of aromatic carboxylic acids is 1. The van der Waals surface area contributed by atoms with Gasteiger partial charge in [0.05, 0.1) is 4.34 Å². The van der Waals surface area contributed by atoms with Crippen molar-refractivity contribution in [2.75, 3.05) is 0 Å². The topological polar surface area (TPSA) is 83.0 Å². The van der Waals surface area contributed by atoms with Crippen molar-refractivity contribution in [2.45, 2.75) is 17.7 Å². The molecule has 0 saturated heterocycles. The third-order valence-electron chi connectivity index (χ3n) is 2.28. The quantitative estimate of drug-likeness (QED) is 0.669. The Morgan fingerprint density at radius 3 is 2.89 bits per heavy atom. The fourth-order valence-corrected chi connectivity index (χ4v) is 3.69. The Morgan fingerprint density at radius 2 is 2.32 bits per heavy atom. The summed E-state index contributed by atoms with van der Waals surface area (Å²) < 4.78 is 0.670. The van der Waals surface area contributed by atoms with Crippen molar-refractivity contribution >= 4 is 40.7 Å². The number of rotatable bonds is 4. The SMILES string of the molecule is Cc1[nH]c(=O)nc(SCc2ccc(Cl)s2)c1C(=O)O. The van der Waals surface area contributed by atoms with Crippen LogP contribution in [0.3, 0.4) is 0 Å². The lowest BCUT2D eigenvalue weighted by Crippen LogP contribution is -2.18.